The van der Waals surface area contributed by atoms with Crippen LogP contribution in [0.2, 0.25) is 0 Å². The number of ether oxygens (including phenoxy) is 1. The highest BCUT2D eigenvalue weighted by molar-refractivity contribution is 5.67. The zero-order chi connectivity index (χ0) is 15.3. The average molecular weight is 290 g/mol. The first kappa shape index (κ1) is 15.8. The molecule has 0 aliphatic heterocycles. The molecule has 110 valence electrons. The minimum atomic E-state index is -1.14. The number of halogens is 2. The number of non-ortho nitro benzene ring substituents is 1. The van der Waals surface area contributed by atoms with Crippen LogP contribution in [0.4, 0.5) is 20.2 Å². The summed E-state index contributed by atoms with van der Waals surface area (Å²) < 4.78 is 31.9. The number of rotatable bonds is 7. The molecular weight excluding hydrogens is 278 g/mol. The van der Waals surface area contributed by atoms with E-state index in [1.807, 2.05) is 0 Å². The summed E-state index contributed by atoms with van der Waals surface area (Å²) in [5.41, 5.74) is -1.28. The van der Waals surface area contributed by atoms with Gasteiger partial charge in [-0.15, -0.1) is 0 Å². The van der Waals surface area contributed by atoms with Crippen LogP contribution in [-0.2, 0) is 9.53 Å². The van der Waals surface area contributed by atoms with E-state index in [0.717, 1.165) is 0 Å². The molecule has 9 heteroatoms. The average Bonchev–Trinajstić information content (AvgIpc) is 2.35. The maximum Gasteiger partial charge on any atom is 0.306 e. The first-order valence-electron chi connectivity index (χ1n) is 5.47. The fraction of sp³-hybridized carbons (Fsp3) is 0.364. The second-order valence-electron chi connectivity index (χ2n) is 3.88. The van der Waals surface area contributed by atoms with Crippen LogP contribution in [0.1, 0.15) is 6.42 Å². The maximum atomic E-state index is 13.5. The van der Waals surface area contributed by atoms with E-state index in [9.17, 15) is 23.7 Å². The van der Waals surface area contributed by atoms with Gasteiger partial charge >= 0.3 is 5.97 Å². The van der Waals surface area contributed by atoms with Crippen molar-refractivity contribution in [3.8, 4) is 0 Å². The van der Waals surface area contributed by atoms with Gasteiger partial charge < -0.3 is 15.2 Å². The Morgan fingerprint density at radius 3 is 2.45 bits per heavy atom. The summed E-state index contributed by atoms with van der Waals surface area (Å²) in [6.45, 7) is -0.158. The Labute approximate surface area is 112 Å². The molecule has 0 bridgehead atoms. The van der Waals surface area contributed by atoms with Gasteiger partial charge in [-0.25, -0.2) is 8.78 Å². The van der Waals surface area contributed by atoms with Crippen LogP contribution in [0, 0.1) is 21.7 Å². The number of nitrogens with one attached hydrogen (secondary N) is 1. The summed E-state index contributed by atoms with van der Waals surface area (Å²) in [7, 11) is 1.26. The lowest BCUT2D eigenvalue weighted by atomic mass is 10.2. The normalized spacial score (nSPS) is 11.9. The number of carbonyl (C=O) groups is 1. The van der Waals surface area contributed by atoms with E-state index in [2.05, 4.69) is 5.32 Å². The number of carboxylic acids is 1. The fourth-order valence-corrected chi connectivity index (χ4v) is 1.48. The van der Waals surface area contributed by atoms with Crippen LogP contribution in [0.5, 0.6) is 0 Å². The first-order chi connectivity index (χ1) is 9.35. The Bertz CT molecular complexity index is 501. The number of aliphatic carboxylic acids is 1. The quantitative estimate of drug-likeness (QED) is 0.586. The highest BCUT2D eigenvalue weighted by atomic mass is 19.1. The summed E-state index contributed by atoms with van der Waals surface area (Å²) in [6, 6.07) is 1.15. The number of hydrogen-bond acceptors (Lipinski definition) is 5. The summed E-state index contributed by atoms with van der Waals surface area (Å²) in [6.07, 6.45) is -1.14. The van der Waals surface area contributed by atoms with Gasteiger partial charge in [-0.05, 0) is 0 Å². The number of methoxy groups -OCH3 is 1. The molecule has 1 unspecified atom stereocenters. The molecule has 20 heavy (non-hydrogen) atoms. The van der Waals surface area contributed by atoms with Crippen molar-refractivity contribution in [2.75, 3.05) is 19.0 Å². The smallest absolute Gasteiger partial charge is 0.306 e. The van der Waals surface area contributed by atoms with E-state index in [1.54, 1.807) is 0 Å². The Hall–Kier alpha value is -2.29. The molecule has 0 saturated heterocycles. The van der Waals surface area contributed by atoms with Crippen molar-refractivity contribution in [1.82, 2.24) is 0 Å². The largest absolute Gasteiger partial charge is 0.481 e. The van der Waals surface area contributed by atoms with Crippen molar-refractivity contribution in [2.45, 2.75) is 12.5 Å². The van der Waals surface area contributed by atoms with Crippen molar-refractivity contribution in [3.05, 3.63) is 33.9 Å². The molecule has 0 amide bonds. The van der Waals surface area contributed by atoms with E-state index < -0.39 is 40.0 Å². The van der Waals surface area contributed by atoms with Crippen LogP contribution in [-0.4, -0.2) is 35.8 Å². The van der Waals surface area contributed by atoms with Gasteiger partial charge in [0.2, 0.25) is 0 Å². The van der Waals surface area contributed by atoms with Crippen LogP contribution in [0.25, 0.3) is 0 Å². The van der Waals surface area contributed by atoms with Crippen LogP contribution in [0.3, 0.4) is 0 Å². The molecule has 1 atom stereocenters. The lowest BCUT2D eigenvalue weighted by molar-refractivity contribution is -0.385. The Balaban J connectivity index is 2.82. The molecule has 7 nitrogen and oxygen atoms in total. The molecule has 0 fully saturated rings. The highest BCUT2D eigenvalue weighted by Crippen LogP contribution is 2.24. The molecule has 0 spiro atoms. The summed E-state index contributed by atoms with van der Waals surface area (Å²) in [5.74, 6) is -3.40. The molecule has 0 aliphatic rings. The summed E-state index contributed by atoms with van der Waals surface area (Å²) in [5, 5.41) is 21.3. The number of hydrogen-bond donors (Lipinski definition) is 2. The summed E-state index contributed by atoms with van der Waals surface area (Å²) >= 11 is 0. The molecular formula is C11H12F2N2O5. The molecule has 0 aromatic heterocycles. The molecule has 2 N–H and O–H groups in total. The minimum absolute atomic E-state index is 0.158. The van der Waals surface area contributed by atoms with Gasteiger partial charge in [0.1, 0.15) is 5.69 Å². The van der Waals surface area contributed by atoms with Gasteiger partial charge in [0.15, 0.2) is 11.6 Å². The highest BCUT2D eigenvalue weighted by Gasteiger charge is 2.19. The van der Waals surface area contributed by atoms with E-state index in [1.165, 1.54) is 7.11 Å². The Morgan fingerprint density at radius 2 is 2.05 bits per heavy atom. The number of carboxylic acid groups (broad SMARTS) is 1. The van der Waals surface area contributed by atoms with Crippen molar-refractivity contribution in [3.63, 3.8) is 0 Å². The summed E-state index contributed by atoms with van der Waals surface area (Å²) in [4.78, 5) is 20.0. The topological polar surface area (TPSA) is 102 Å². The van der Waals surface area contributed by atoms with Gasteiger partial charge in [-0.2, -0.15) is 0 Å². The minimum Gasteiger partial charge on any atom is -0.481 e. The molecule has 0 saturated carbocycles. The van der Waals surface area contributed by atoms with E-state index in [-0.39, 0.29) is 13.0 Å². The third-order valence-corrected chi connectivity index (χ3v) is 2.48. The van der Waals surface area contributed by atoms with Gasteiger partial charge in [-0.1, -0.05) is 0 Å². The number of nitro groups is 1. The molecule has 1 aromatic rings. The molecule has 0 radical (unpaired) electrons. The lowest BCUT2D eigenvalue weighted by Gasteiger charge is -2.15. The Morgan fingerprint density at radius 1 is 1.50 bits per heavy atom. The van der Waals surface area contributed by atoms with Crippen LogP contribution >= 0.6 is 0 Å². The Kier molecular flexibility index (Phi) is 5.32. The first-order valence-corrected chi connectivity index (χ1v) is 5.47. The third-order valence-electron chi connectivity index (χ3n) is 2.48. The SMILES string of the molecule is COC(CNc1c(F)cc([N+](=O)[O-])cc1F)CC(=O)O. The second-order valence-corrected chi connectivity index (χ2v) is 3.88. The van der Waals surface area contributed by atoms with Gasteiger partial charge in [-0.3, -0.25) is 14.9 Å². The monoisotopic (exact) mass is 290 g/mol. The predicted octanol–water partition coefficient (Wildman–Crippen LogP) is 1.77. The van der Waals surface area contributed by atoms with Gasteiger partial charge in [0, 0.05) is 13.7 Å². The van der Waals surface area contributed by atoms with Crippen LogP contribution < -0.4 is 5.32 Å². The standard InChI is InChI=1S/C11H12F2N2O5/c1-20-7(4-10(16)17)5-14-11-8(12)2-6(15(18)19)3-9(11)13/h2-3,7,14H,4-5H2,1H3,(H,16,17). The number of anilines is 1. The van der Waals surface area contributed by atoms with Gasteiger partial charge in [0.25, 0.3) is 5.69 Å². The van der Waals surface area contributed by atoms with E-state index in [0.29, 0.717) is 12.1 Å². The van der Waals surface area contributed by atoms with E-state index >= 15 is 0 Å². The maximum absolute atomic E-state index is 13.5. The zero-order valence-corrected chi connectivity index (χ0v) is 10.4. The van der Waals surface area contributed by atoms with E-state index in [4.69, 9.17) is 9.84 Å². The molecule has 0 aliphatic carbocycles. The van der Waals surface area contributed by atoms with Crippen LogP contribution in [0.15, 0.2) is 12.1 Å². The van der Waals surface area contributed by atoms with Crippen molar-refractivity contribution in [2.24, 2.45) is 0 Å². The lowest BCUT2D eigenvalue weighted by Crippen LogP contribution is -2.25. The van der Waals surface area contributed by atoms with Crippen molar-refractivity contribution >= 4 is 17.3 Å². The van der Waals surface area contributed by atoms with Gasteiger partial charge in [0.05, 0.1) is 29.6 Å². The number of nitro benzene ring substituents is 1. The third kappa shape index (κ3) is 4.12. The fourth-order valence-electron chi connectivity index (χ4n) is 1.48. The number of nitrogens with zero attached hydrogens (tertiary/aromatic N) is 1. The predicted molar refractivity (Wildman–Crippen MR) is 64.6 cm³/mol. The molecule has 1 rings (SSSR count). The zero-order valence-electron chi connectivity index (χ0n) is 10.4. The second kappa shape index (κ2) is 6.75. The molecule has 1 aromatic carbocycles. The molecule has 0 heterocycles. The number of benzene rings is 1. The van der Waals surface area contributed by atoms with Crippen molar-refractivity contribution < 1.29 is 28.3 Å². The van der Waals surface area contributed by atoms with Crippen molar-refractivity contribution in [1.29, 1.82) is 0 Å².